The molecule has 7 heteroatoms. The van der Waals surface area contributed by atoms with Gasteiger partial charge in [-0.2, -0.15) is 0 Å². The Balaban J connectivity index is 2.04. The van der Waals surface area contributed by atoms with Crippen molar-refractivity contribution in [2.75, 3.05) is 6.61 Å². The van der Waals surface area contributed by atoms with Crippen LogP contribution in [0.25, 0.3) is 10.9 Å². The van der Waals surface area contributed by atoms with Gasteiger partial charge in [-0.1, -0.05) is 18.2 Å². The molecule has 136 valence electrons. The summed E-state index contributed by atoms with van der Waals surface area (Å²) in [7, 11) is 0. The number of carbonyl (C=O) groups excluding carboxylic acids is 1. The number of aromatic amines is 1. The molecular formula is C20H17N3O4. The number of hydrogen-bond donors (Lipinski definition) is 2. The molecule has 2 aromatic heterocycles. The third-order valence-corrected chi connectivity index (χ3v) is 4.48. The Labute approximate surface area is 154 Å². The van der Waals surface area contributed by atoms with Gasteiger partial charge >= 0.3 is 5.97 Å². The minimum atomic E-state index is -0.741. The number of aromatic nitrogens is 2. The minimum absolute atomic E-state index is 0.0782. The summed E-state index contributed by atoms with van der Waals surface area (Å²) in [6.45, 7) is 1.88. The van der Waals surface area contributed by atoms with Crippen LogP contribution in [0.3, 0.4) is 0 Å². The zero-order valence-electron chi connectivity index (χ0n) is 14.6. The number of ether oxygens (including phenoxy) is 2. The molecule has 0 aliphatic carbocycles. The van der Waals surface area contributed by atoms with Gasteiger partial charge in [0.05, 0.1) is 23.6 Å². The molecule has 1 aliphatic heterocycles. The van der Waals surface area contributed by atoms with Gasteiger partial charge in [-0.15, -0.1) is 0 Å². The van der Waals surface area contributed by atoms with Crippen molar-refractivity contribution in [2.45, 2.75) is 12.8 Å². The second-order valence-electron chi connectivity index (χ2n) is 6.06. The van der Waals surface area contributed by atoms with E-state index in [-0.39, 0.29) is 23.6 Å². The van der Waals surface area contributed by atoms with Crippen LogP contribution in [0.1, 0.15) is 24.0 Å². The first kappa shape index (κ1) is 16.8. The predicted octanol–water partition coefficient (Wildman–Crippen LogP) is 2.18. The van der Waals surface area contributed by atoms with E-state index in [1.807, 2.05) is 18.2 Å². The second kappa shape index (κ2) is 6.60. The fraction of sp³-hybridized carbons (Fsp3) is 0.150. The van der Waals surface area contributed by atoms with Crippen molar-refractivity contribution >= 4 is 16.9 Å². The molecule has 0 amide bonds. The summed E-state index contributed by atoms with van der Waals surface area (Å²) >= 11 is 0. The average molecular weight is 363 g/mol. The van der Waals surface area contributed by atoms with Crippen molar-refractivity contribution in [3.05, 3.63) is 81.7 Å². The summed E-state index contributed by atoms with van der Waals surface area (Å²) < 4.78 is 10.9. The molecule has 3 aromatic rings. The van der Waals surface area contributed by atoms with Crippen molar-refractivity contribution in [2.24, 2.45) is 5.73 Å². The van der Waals surface area contributed by atoms with Gasteiger partial charge in [0.1, 0.15) is 11.3 Å². The number of hydrogen-bond acceptors (Lipinski definition) is 6. The van der Waals surface area contributed by atoms with E-state index in [2.05, 4.69) is 9.97 Å². The van der Waals surface area contributed by atoms with Crippen LogP contribution in [0.5, 0.6) is 5.75 Å². The highest BCUT2D eigenvalue weighted by Crippen LogP contribution is 2.43. The number of para-hydroxylation sites is 1. The number of nitrogens with one attached hydrogen (secondary N) is 1. The van der Waals surface area contributed by atoms with E-state index >= 15 is 0 Å². The summed E-state index contributed by atoms with van der Waals surface area (Å²) in [4.78, 5) is 32.5. The lowest BCUT2D eigenvalue weighted by Gasteiger charge is -2.28. The Morgan fingerprint density at radius 2 is 2.11 bits per heavy atom. The number of benzene rings is 1. The molecule has 0 saturated carbocycles. The van der Waals surface area contributed by atoms with Gasteiger partial charge in [-0.25, -0.2) is 4.79 Å². The highest BCUT2D eigenvalue weighted by molar-refractivity contribution is 5.95. The second-order valence-corrected chi connectivity index (χ2v) is 6.06. The molecule has 1 atom stereocenters. The van der Waals surface area contributed by atoms with Crippen molar-refractivity contribution < 1.29 is 14.3 Å². The van der Waals surface area contributed by atoms with Crippen molar-refractivity contribution in [1.29, 1.82) is 0 Å². The number of rotatable bonds is 3. The number of H-pyrrole nitrogens is 1. The zero-order chi connectivity index (χ0) is 19.0. The Kier molecular flexibility index (Phi) is 4.12. The first-order chi connectivity index (χ1) is 13.1. The van der Waals surface area contributed by atoms with Gasteiger partial charge in [-0.05, 0) is 30.7 Å². The molecule has 0 fully saturated rings. The molecule has 0 spiro atoms. The minimum Gasteiger partial charge on any atom is -0.462 e. The average Bonchev–Trinajstić information content (AvgIpc) is 2.68. The van der Waals surface area contributed by atoms with E-state index in [1.54, 1.807) is 37.5 Å². The lowest BCUT2D eigenvalue weighted by Crippen LogP contribution is -2.32. The normalized spacial score (nSPS) is 16.0. The number of esters is 1. The molecule has 7 nitrogen and oxygen atoms in total. The quantitative estimate of drug-likeness (QED) is 0.691. The molecule has 3 heterocycles. The SMILES string of the molecule is CCOC(=O)C1=C(N)Oc2c(c(=O)[nH]c3ccccc23)C1c1cccnc1. The first-order valence-electron chi connectivity index (χ1n) is 8.51. The fourth-order valence-corrected chi connectivity index (χ4v) is 3.36. The van der Waals surface area contributed by atoms with Crippen LogP contribution in [0.2, 0.25) is 0 Å². The molecule has 1 aromatic carbocycles. The highest BCUT2D eigenvalue weighted by atomic mass is 16.5. The van der Waals surface area contributed by atoms with Gasteiger partial charge in [0.2, 0.25) is 5.88 Å². The Morgan fingerprint density at radius 1 is 1.30 bits per heavy atom. The van der Waals surface area contributed by atoms with Gasteiger partial charge in [0, 0.05) is 17.8 Å². The molecule has 0 bridgehead atoms. The van der Waals surface area contributed by atoms with Crippen molar-refractivity contribution in [1.82, 2.24) is 9.97 Å². The predicted molar refractivity (Wildman–Crippen MR) is 99.1 cm³/mol. The van der Waals surface area contributed by atoms with E-state index in [1.165, 1.54) is 0 Å². The smallest absolute Gasteiger partial charge is 0.340 e. The fourth-order valence-electron chi connectivity index (χ4n) is 3.36. The van der Waals surface area contributed by atoms with E-state index in [4.69, 9.17) is 15.2 Å². The maximum Gasteiger partial charge on any atom is 0.340 e. The van der Waals surface area contributed by atoms with Crippen LogP contribution < -0.4 is 16.0 Å². The molecule has 0 saturated heterocycles. The number of nitrogens with zero attached hydrogens (tertiary/aromatic N) is 1. The maximum absolute atomic E-state index is 12.9. The van der Waals surface area contributed by atoms with Gasteiger partial charge < -0.3 is 20.2 Å². The third-order valence-electron chi connectivity index (χ3n) is 4.48. The lowest BCUT2D eigenvalue weighted by molar-refractivity contribution is -0.139. The summed E-state index contributed by atoms with van der Waals surface area (Å²) in [5.74, 6) is -1.10. The molecular weight excluding hydrogens is 346 g/mol. The molecule has 1 aliphatic rings. The van der Waals surface area contributed by atoms with Crippen molar-refractivity contribution in [3.8, 4) is 5.75 Å². The number of nitrogens with two attached hydrogens (primary N) is 1. The third kappa shape index (κ3) is 2.73. The first-order valence-corrected chi connectivity index (χ1v) is 8.51. The van der Waals surface area contributed by atoms with Crippen LogP contribution in [-0.2, 0) is 9.53 Å². The number of pyridine rings is 2. The highest BCUT2D eigenvalue weighted by Gasteiger charge is 2.38. The van der Waals surface area contributed by atoms with E-state index in [0.717, 1.165) is 0 Å². The summed E-state index contributed by atoms with van der Waals surface area (Å²) in [6.07, 6.45) is 3.21. The molecule has 0 radical (unpaired) electrons. The summed E-state index contributed by atoms with van der Waals surface area (Å²) in [5.41, 5.74) is 7.43. The largest absolute Gasteiger partial charge is 0.462 e. The zero-order valence-corrected chi connectivity index (χ0v) is 14.6. The van der Waals surface area contributed by atoms with Gasteiger partial charge in [0.15, 0.2) is 0 Å². The standard InChI is InChI=1S/C20H17N3O4/c1-2-26-20(25)16-14(11-6-5-9-22-10-11)15-17(27-18(16)21)12-7-3-4-8-13(12)23-19(15)24/h3-10,14H,2,21H2,1H3,(H,23,24). The molecule has 1 unspecified atom stereocenters. The maximum atomic E-state index is 12.9. The van der Waals surface area contributed by atoms with Crippen LogP contribution >= 0.6 is 0 Å². The van der Waals surface area contributed by atoms with Crippen LogP contribution in [0, 0.1) is 0 Å². The number of fused-ring (bicyclic) bond motifs is 3. The van der Waals surface area contributed by atoms with E-state index in [0.29, 0.717) is 27.8 Å². The topological polar surface area (TPSA) is 107 Å². The van der Waals surface area contributed by atoms with Crippen LogP contribution in [0.15, 0.2) is 65.0 Å². The molecule has 3 N–H and O–H groups in total. The van der Waals surface area contributed by atoms with Crippen molar-refractivity contribution in [3.63, 3.8) is 0 Å². The molecule has 4 rings (SSSR count). The van der Waals surface area contributed by atoms with Gasteiger partial charge in [0.25, 0.3) is 5.56 Å². The Hall–Kier alpha value is -3.61. The van der Waals surface area contributed by atoms with Crippen LogP contribution in [0.4, 0.5) is 0 Å². The molecule has 27 heavy (non-hydrogen) atoms. The van der Waals surface area contributed by atoms with E-state index < -0.39 is 11.9 Å². The Bertz CT molecular complexity index is 1120. The van der Waals surface area contributed by atoms with Crippen LogP contribution in [-0.4, -0.2) is 22.5 Å². The summed E-state index contributed by atoms with van der Waals surface area (Å²) in [5, 5.41) is 0.701. The monoisotopic (exact) mass is 363 g/mol. The van der Waals surface area contributed by atoms with E-state index in [9.17, 15) is 9.59 Å². The summed E-state index contributed by atoms with van der Waals surface area (Å²) in [6, 6.07) is 10.8. The number of carbonyl (C=O) groups is 1. The Morgan fingerprint density at radius 3 is 2.85 bits per heavy atom. The van der Waals surface area contributed by atoms with Gasteiger partial charge in [-0.3, -0.25) is 9.78 Å². The lowest BCUT2D eigenvalue weighted by atomic mass is 9.83.